The summed E-state index contributed by atoms with van der Waals surface area (Å²) >= 11 is 0. The van der Waals surface area contributed by atoms with Crippen molar-refractivity contribution in [2.24, 2.45) is 0 Å². The zero-order chi connectivity index (χ0) is 14.2. The first-order valence-corrected chi connectivity index (χ1v) is 6.84. The lowest BCUT2D eigenvalue weighted by molar-refractivity contribution is 0.0255. The molecule has 0 heterocycles. The maximum absolute atomic E-state index is 5.42. The van der Waals surface area contributed by atoms with E-state index in [4.69, 9.17) is 18.9 Å². The number of rotatable bonds is 15. The predicted molar refractivity (Wildman–Crippen MR) is 75.8 cm³/mol. The van der Waals surface area contributed by atoms with Gasteiger partial charge in [0.05, 0.1) is 39.6 Å². The van der Waals surface area contributed by atoms with Crippen LogP contribution in [0.3, 0.4) is 0 Å². The van der Waals surface area contributed by atoms with Crippen LogP contribution in [0.4, 0.5) is 0 Å². The van der Waals surface area contributed by atoms with Crippen LogP contribution in [0.2, 0.25) is 0 Å². The smallest absolute Gasteiger partial charge is 0.0701 e. The van der Waals surface area contributed by atoms with Crippen molar-refractivity contribution in [2.45, 2.75) is 0 Å². The number of methoxy groups -OCH3 is 2. The number of ether oxygens (including phenoxy) is 4. The Kier molecular flexibility index (Phi) is 15.6. The van der Waals surface area contributed by atoms with Crippen LogP contribution in [0.15, 0.2) is 0 Å². The molecule has 6 nitrogen and oxygen atoms in total. The second kappa shape index (κ2) is 15.8. The highest BCUT2D eigenvalue weighted by Crippen LogP contribution is 1.82. The fraction of sp³-hybridized carbons (Fsp3) is 1.00. The average molecular weight is 278 g/mol. The molecule has 0 aliphatic carbocycles. The number of hydrogen-bond donors (Lipinski definition) is 1. The van der Waals surface area contributed by atoms with Crippen LogP contribution in [0.25, 0.3) is 0 Å². The topological polar surface area (TPSA) is 52.2 Å². The Morgan fingerprint density at radius 3 is 2.05 bits per heavy atom. The minimum atomic E-state index is 0.628. The molecule has 0 unspecified atom stereocenters. The Morgan fingerprint density at radius 1 is 0.737 bits per heavy atom. The molecule has 0 rings (SSSR count). The number of nitrogens with zero attached hydrogens (tertiary/aromatic N) is 1. The zero-order valence-corrected chi connectivity index (χ0v) is 12.7. The summed E-state index contributed by atoms with van der Waals surface area (Å²) in [5.41, 5.74) is 0. The normalized spacial score (nSPS) is 11.4. The highest BCUT2D eigenvalue weighted by molar-refractivity contribution is 4.54. The van der Waals surface area contributed by atoms with Gasteiger partial charge in [-0.2, -0.15) is 0 Å². The second-order valence-electron chi connectivity index (χ2n) is 4.26. The molecule has 0 atom stereocenters. The first-order chi connectivity index (χ1) is 9.31. The fourth-order valence-corrected chi connectivity index (χ4v) is 1.36. The molecule has 0 amide bonds. The average Bonchev–Trinajstić information content (AvgIpc) is 2.42. The third-order valence-electron chi connectivity index (χ3n) is 2.57. The van der Waals surface area contributed by atoms with E-state index in [0.717, 1.165) is 39.4 Å². The van der Waals surface area contributed by atoms with Gasteiger partial charge in [0.2, 0.25) is 0 Å². The molecular formula is C13H30N2O4. The van der Waals surface area contributed by atoms with Gasteiger partial charge in [0.25, 0.3) is 0 Å². The van der Waals surface area contributed by atoms with Crippen LogP contribution >= 0.6 is 0 Å². The Labute approximate surface area is 117 Å². The van der Waals surface area contributed by atoms with Gasteiger partial charge in [-0.3, -0.25) is 0 Å². The third kappa shape index (κ3) is 15.7. The van der Waals surface area contributed by atoms with E-state index in [2.05, 4.69) is 17.3 Å². The largest absolute Gasteiger partial charge is 0.383 e. The van der Waals surface area contributed by atoms with Crippen LogP contribution in [0, 0.1) is 0 Å². The van der Waals surface area contributed by atoms with Crippen molar-refractivity contribution in [3.63, 3.8) is 0 Å². The van der Waals surface area contributed by atoms with E-state index in [-0.39, 0.29) is 0 Å². The Hall–Kier alpha value is -0.240. The molecule has 0 aliphatic rings. The molecule has 116 valence electrons. The Morgan fingerprint density at radius 2 is 1.37 bits per heavy atom. The lowest BCUT2D eigenvalue weighted by Crippen LogP contribution is -2.32. The van der Waals surface area contributed by atoms with Crippen molar-refractivity contribution in [3.8, 4) is 0 Å². The van der Waals surface area contributed by atoms with Gasteiger partial charge in [-0.05, 0) is 7.05 Å². The molecule has 1 N–H and O–H groups in total. The van der Waals surface area contributed by atoms with Crippen molar-refractivity contribution in [3.05, 3.63) is 0 Å². The maximum atomic E-state index is 5.42. The van der Waals surface area contributed by atoms with Gasteiger partial charge in [0, 0.05) is 40.4 Å². The SMILES string of the molecule is COCCOCCOCCNCCN(C)CCOC. The van der Waals surface area contributed by atoms with E-state index in [1.165, 1.54) is 0 Å². The predicted octanol–water partition coefficient (Wildman–Crippen LogP) is -0.166. The van der Waals surface area contributed by atoms with E-state index >= 15 is 0 Å². The van der Waals surface area contributed by atoms with Gasteiger partial charge in [-0.15, -0.1) is 0 Å². The van der Waals surface area contributed by atoms with Crippen LogP contribution in [-0.2, 0) is 18.9 Å². The molecule has 6 heteroatoms. The first kappa shape index (κ1) is 18.8. The van der Waals surface area contributed by atoms with Gasteiger partial charge in [0.15, 0.2) is 0 Å². The van der Waals surface area contributed by atoms with Crippen LogP contribution in [-0.4, -0.2) is 92.0 Å². The maximum Gasteiger partial charge on any atom is 0.0701 e. The Balaban J connectivity index is 3.02. The van der Waals surface area contributed by atoms with Gasteiger partial charge >= 0.3 is 0 Å². The van der Waals surface area contributed by atoms with Gasteiger partial charge in [0.1, 0.15) is 0 Å². The summed E-state index contributed by atoms with van der Waals surface area (Å²) in [6, 6.07) is 0. The van der Waals surface area contributed by atoms with Crippen molar-refractivity contribution in [1.82, 2.24) is 10.2 Å². The molecule has 0 fully saturated rings. The number of nitrogens with one attached hydrogen (secondary N) is 1. The number of hydrogen-bond acceptors (Lipinski definition) is 6. The monoisotopic (exact) mass is 278 g/mol. The molecule has 0 saturated carbocycles. The molecule has 0 aromatic heterocycles. The van der Waals surface area contributed by atoms with Gasteiger partial charge in [-0.25, -0.2) is 0 Å². The molecule has 0 spiro atoms. The van der Waals surface area contributed by atoms with E-state index in [9.17, 15) is 0 Å². The molecule has 0 bridgehead atoms. The summed E-state index contributed by atoms with van der Waals surface area (Å²) in [5, 5.41) is 3.34. The van der Waals surface area contributed by atoms with Crippen molar-refractivity contribution in [2.75, 3.05) is 87.1 Å². The summed E-state index contributed by atoms with van der Waals surface area (Å²) in [6.07, 6.45) is 0. The van der Waals surface area contributed by atoms with Gasteiger partial charge in [-0.1, -0.05) is 0 Å². The lowest BCUT2D eigenvalue weighted by atomic mass is 10.5. The standard InChI is InChI=1S/C13H30N2O4/c1-15(7-9-16-2)6-4-14-5-8-18-12-13-19-11-10-17-3/h14H,4-13H2,1-3H3. The molecule has 19 heavy (non-hydrogen) atoms. The number of likely N-dealkylation sites (N-methyl/N-ethyl adjacent to an activating group) is 1. The van der Waals surface area contributed by atoms with Crippen molar-refractivity contribution in [1.29, 1.82) is 0 Å². The zero-order valence-electron chi connectivity index (χ0n) is 12.7. The van der Waals surface area contributed by atoms with Gasteiger partial charge < -0.3 is 29.2 Å². The Bertz CT molecular complexity index is 173. The fourth-order valence-electron chi connectivity index (χ4n) is 1.36. The van der Waals surface area contributed by atoms with Crippen molar-refractivity contribution >= 4 is 0 Å². The summed E-state index contributed by atoms with van der Waals surface area (Å²) in [7, 11) is 5.48. The molecule has 0 aromatic rings. The first-order valence-electron chi connectivity index (χ1n) is 6.84. The summed E-state index contributed by atoms with van der Waals surface area (Å²) < 4.78 is 20.6. The van der Waals surface area contributed by atoms with Crippen molar-refractivity contribution < 1.29 is 18.9 Å². The lowest BCUT2D eigenvalue weighted by Gasteiger charge is -2.16. The summed E-state index contributed by atoms with van der Waals surface area (Å²) in [4.78, 5) is 2.24. The minimum absolute atomic E-state index is 0.628. The van der Waals surface area contributed by atoms with Crippen LogP contribution < -0.4 is 5.32 Å². The van der Waals surface area contributed by atoms with Crippen LogP contribution in [0.1, 0.15) is 0 Å². The van der Waals surface area contributed by atoms with E-state index in [1.54, 1.807) is 14.2 Å². The second-order valence-corrected chi connectivity index (χ2v) is 4.26. The van der Waals surface area contributed by atoms with E-state index in [0.29, 0.717) is 26.4 Å². The minimum Gasteiger partial charge on any atom is -0.383 e. The molecule has 0 aliphatic heterocycles. The third-order valence-corrected chi connectivity index (χ3v) is 2.57. The quantitative estimate of drug-likeness (QED) is 0.420. The molecule has 0 aromatic carbocycles. The summed E-state index contributed by atoms with van der Waals surface area (Å²) in [6.45, 7) is 7.85. The highest BCUT2D eigenvalue weighted by atomic mass is 16.5. The molecule has 0 saturated heterocycles. The summed E-state index contributed by atoms with van der Waals surface area (Å²) in [5.74, 6) is 0. The van der Waals surface area contributed by atoms with E-state index < -0.39 is 0 Å². The highest BCUT2D eigenvalue weighted by Gasteiger charge is 1.96. The molecular weight excluding hydrogens is 248 g/mol. The molecule has 0 radical (unpaired) electrons. The van der Waals surface area contributed by atoms with E-state index in [1.807, 2.05) is 0 Å². The van der Waals surface area contributed by atoms with Crippen LogP contribution in [0.5, 0.6) is 0 Å².